The molecule has 3 heteroatoms. The molecule has 0 amide bonds. The van der Waals surface area contributed by atoms with Crippen LogP contribution in [0.3, 0.4) is 0 Å². The topological polar surface area (TPSA) is 24.5 Å². The molecule has 1 fully saturated rings. The molecule has 2 unspecified atom stereocenters. The number of rotatable bonds is 5. The van der Waals surface area contributed by atoms with E-state index in [2.05, 4.69) is 49.2 Å². The Kier molecular flexibility index (Phi) is 5.44. The summed E-state index contributed by atoms with van der Waals surface area (Å²) in [6.45, 7) is 10.0. The molecule has 112 valence electrons. The lowest BCUT2D eigenvalue weighted by molar-refractivity contribution is 0.126. The number of ether oxygens (including phenoxy) is 1. The zero-order valence-electron chi connectivity index (χ0n) is 13.3. The minimum Gasteiger partial charge on any atom is -0.496 e. The molecule has 0 aliphatic carbocycles. The van der Waals surface area contributed by atoms with Crippen molar-refractivity contribution in [2.45, 2.75) is 45.7 Å². The maximum atomic E-state index is 5.56. The monoisotopic (exact) mass is 276 g/mol. The Bertz CT molecular complexity index is 427. The van der Waals surface area contributed by atoms with Crippen LogP contribution in [0, 0.1) is 6.92 Å². The third kappa shape index (κ3) is 3.33. The second-order valence-corrected chi connectivity index (χ2v) is 5.75. The molecule has 3 nitrogen and oxygen atoms in total. The molecule has 0 radical (unpaired) electrons. The van der Waals surface area contributed by atoms with Gasteiger partial charge >= 0.3 is 0 Å². The van der Waals surface area contributed by atoms with Gasteiger partial charge in [0.2, 0.25) is 0 Å². The van der Waals surface area contributed by atoms with E-state index in [0.29, 0.717) is 12.1 Å². The van der Waals surface area contributed by atoms with Gasteiger partial charge in [-0.25, -0.2) is 0 Å². The minimum absolute atomic E-state index is 0.389. The molecule has 20 heavy (non-hydrogen) atoms. The van der Waals surface area contributed by atoms with Crippen LogP contribution < -0.4 is 10.1 Å². The van der Waals surface area contributed by atoms with Crippen molar-refractivity contribution < 1.29 is 4.74 Å². The van der Waals surface area contributed by atoms with Crippen molar-refractivity contribution in [3.05, 3.63) is 29.3 Å². The van der Waals surface area contributed by atoms with E-state index >= 15 is 0 Å². The van der Waals surface area contributed by atoms with Gasteiger partial charge in [0, 0.05) is 24.2 Å². The minimum atomic E-state index is 0.389. The summed E-state index contributed by atoms with van der Waals surface area (Å²) in [6.07, 6.45) is 2.57. The lowest BCUT2D eigenvalue weighted by Crippen LogP contribution is -2.46. The summed E-state index contributed by atoms with van der Waals surface area (Å²) in [5, 5.41) is 3.52. The number of piperidine rings is 1. The maximum Gasteiger partial charge on any atom is 0.123 e. The van der Waals surface area contributed by atoms with E-state index in [1.165, 1.54) is 24.0 Å². The smallest absolute Gasteiger partial charge is 0.123 e. The Morgan fingerprint density at radius 2 is 2.25 bits per heavy atom. The largest absolute Gasteiger partial charge is 0.496 e. The number of nitrogens with zero attached hydrogens (tertiary/aromatic N) is 1. The van der Waals surface area contributed by atoms with Crippen LogP contribution in [0.4, 0.5) is 0 Å². The van der Waals surface area contributed by atoms with Gasteiger partial charge in [-0.3, -0.25) is 4.90 Å². The van der Waals surface area contributed by atoms with Gasteiger partial charge in [-0.2, -0.15) is 0 Å². The van der Waals surface area contributed by atoms with Gasteiger partial charge in [0.1, 0.15) is 5.75 Å². The quantitative estimate of drug-likeness (QED) is 0.894. The summed E-state index contributed by atoms with van der Waals surface area (Å²) in [4.78, 5) is 2.60. The third-order valence-electron chi connectivity index (χ3n) is 4.44. The maximum absolute atomic E-state index is 5.56. The molecule has 1 aromatic rings. The third-order valence-corrected chi connectivity index (χ3v) is 4.44. The summed E-state index contributed by atoms with van der Waals surface area (Å²) in [6, 6.07) is 7.50. The molecular formula is C17H28N2O. The predicted molar refractivity (Wildman–Crippen MR) is 84.4 cm³/mol. The molecule has 1 saturated heterocycles. The predicted octanol–water partition coefficient (Wildman–Crippen LogP) is 3.14. The van der Waals surface area contributed by atoms with Crippen LogP contribution in [0.5, 0.6) is 5.75 Å². The average molecular weight is 276 g/mol. The van der Waals surface area contributed by atoms with Crippen molar-refractivity contribution in [1.82, 2.24) is 10.2 Å². The van der Waals surface area contributed by atoms with Crippen molar-refractivity contribution in [2.75, 3.05) is 26.7 Å². The van der Waals surface area contributed by atoms with E-state index in [4.69, 9.17) is 4.74 Å². The summed E-state index contributed by atoms with van der Waals surface area (Å²) < 4.78 is 5.56. The second-order valence-electron chi connectivity index (χ2n) is 5.75. The number of hydrogen-bond acceptors (Lipinski definition) is 3. The molecule has 0 bridgehead atoms. The molecule has 0 saturated carbocycles. The highest BCUT2D eigenvalue weighted by Gasteiger charge is 2.26. The number of hydrogen-bond donors (Lipinski definition) is 1. The molecule has 0 spiro atoms. The van der Waals surface area contributed by atoms with Crippen molar-refractivity contribution in [1.29, 1.82) is 0 Å². The summed E-state index contributed by atoms with van der Waals surface area (Å²) >= 11 is 0. The van der Waals surface area contributed by atoms with Gasteiger partial charge < -0.3 is 10.1 Å². The van der Waals surface area contributed by atoms with Crippen molar-refractivity contribution in [3.63, 3.8) is 0 Å². The normalized spacial score (nSPS) is 20.9. The summed E-state index contributed by atoms with van der Waals surface area (Å²) in [7, 11) is 1.76. The van der Waals surface area contributed by atoms with Gasteiger partial charge in [0.25, 0.3) is 0 Å². The SMILES string of the molecule is CCN(C1CCCNC1)C(C)c1cc(C)ccc1OC. The standard InChI is InChI=1S/C17H28N2O/c1-5-19(15-7-6-10-18-12-15)14(3)16-11-13(2)8-9-17(16)20-4/h8-9,11,14-15,18H,5-7,10,12H2,1-4H3. The Morgan fingerprint density at radius 3 is 2.85 bits per heavy atom. The highest BCUT2D eigenvalue weighted by atomic mass is 16.5. The first-order valence-corrected chi connectivity index (χ1v) is 7.78. The lowest BCUT2D eigenvalue weighted by Gasteiger charge is -2.38. The van der Waals surface area contributed by atoms with Gasteiger partial charge in [-0.1, -0.05) is 24.6 Å². The molecule has 1 aliphatic rings. The van der Waals surface area contributed by atoms with E-state index in [9.17, 15) is 0 Å². The summed E-state index contributed by atoms with van der Waals surface area (Å²) in [5.74, 6) is 1.00. The van der Waals surface area contributed by atoms with E-state index in [1.807, 2.05) is 0 Å². The van der Waals surface area contributed by atoms with Crippen LogP contribution in [-0.2, 0) is 0 Å². The molecule has 1 heterocycles. The average Bonchev–Trinajstić information content (AvgIpc) is 2.49. The Morgan fingerprint density at radius 1 is 1.45 bits per heavy atom. The Balaban J connectivity index is 2.22. The van der Waals surface area contributed by atoms with Crippen LogP contribution in [0.1, 0.15) is 43.9 Å². The van der Waals surface area contributed by atoms with Gasteiger partial charge in [-0.15, -0.1) is 0 Å². The van der Waals surface area contributed by atoms with Crippen LogP contribution >= 0.6 is 0 Å². The van der Waals surface area contributed by atoms with Crippen molar-refractivity contribution in [3.8, 4) is 5.75 Å². The fraction of sp³-hybridized carbons (Fsp3) is 0.647. The highest BCUT2D eigenvalue weighted by molar-refractivity contribution is 5.39. The number of likely N-dealkylation sites (N-methyl/N-ethyl adjacent to an activating group) is 1. The van der Waals surface area contributed by atoms with E-state index in [0.717, 1.165) is 25.4 Å². The second kappa shape index (κ2) is 7.09. The van der Waals surface area contributed by atoms with Gasteiger partial charge in [0.15, 0.2) is 0 Å². The summed E-state index contributed by atoms with van der Waals surface area (Å²) in [5.41, 5.74) is 2.60. The molecule has 2 rings (SSSR count). The highest BCUT2D eigenvalue weighted by Crippen LogP contribution is 2.32. The fourth-order valence-electron chi connectivity index (χ4n) is 3.32. The van der Waals surface area contributed by atoms with Crippen molar-refractivity contribution in [2.24, 2.45) is 0 Å². The van der Waals surface area contributed by atoms with E-state index in [1.54, 1.807) is 7.11 Å². The molecular weight excluding hydrogens is 248 g/mol. The first kappa shape index (κ1) is 15.3. The van der Waals surface area contributed by atoms with Crippen LogP contribution in [0.15, 0.2) is 18.2 Å². The first-order chi connectivity index (χ1) is 9.67. The van der Waals surface area contributed by atoms with Crippen LogP contribution in [-0.4, -0.2) is 37.7 Å². The Hall–Kier alpha value is -1.06. The number of methoxy groups -OCH3 is 1. The van der Waals surface area contributed by atoms with E-state index < -0.39 is 0 Å². The zero-order valence-corrected chi connectivity index (χ0v) is 13.3. The first-order valence-electron chi connectivity index (χ1n) is 7.78. The van der Waals surface area contributed by atoms with Gasteiger partial charge in [0.05, 0.1) is 7.11 Å². The van der Waals surface area contributed by atoms with Crippen molar-refractivity contribution >= 4 is 0 Å². The molecule has 1 N–H and O–H groups in total. The number of benzene rings is 1. The zero-order chi connectivity index (χ0) is 14.5. The number of nitrogens with one attached hydrogen (secondary N) is 1. The molecule has 2 atom stereocenters. The Labute approximate surface area is 123 Å². The molecule has 1 aromatic carbocycles. The fourth-order valence-corrected chi connectivity index (χ4v) is 3.32. The molecule has 0 aromatic heterocycles. The van der Waals surface area contributed by atoms with Gasteiger partial charge in [-0.05, 0) is 45.8 Å². The molecule has 1 aliphatic heterocycles. The van der Waals surface area contributed by atoms with E-state index in [-0.39, 0.29) is 0 Å². The lowest BCUT2D eigenvalue weighted by atomic mass is 9.98. The van der Waals surface area contributed by atoms with Crippen LogP contribution in [0.25, 0.3) is 0 Å². The number of aryl methyl sites for hydroxylation is 1. The van der Waals surface area contributed by atoms with Crippen LogP contribution in [0.2, 0.25) is 0 Å².